The number of piperidine rings is 1. The van der Waals surface area contributed by atoms with Gasteiger partial charge in [-0.3, -0.25) is 9.69 Å². The Hall–Kier alpha value is -3.21. The molecule has 0 spiro atoms. The second-order valence-electron chi connectivity index (χ2n) is 9.35. The number of fused-ring (bicyclic) bond motifs is 1. The first-order valence-electron chi connectivity index (χ1n) is 12.3. The summed E-state index contributed by atoms with van der Waals surface area (Å²) in [6.45, 7) is 5.22. The van der Waals surface area contributed by atoms with Crippen LogP contribution < -0.4 is 10.1 Å². The van der Waals surface area contributed by atoms with Crippen LogP contribution in [0.15, 0.2) is 78.9 Å². The minimum absolute atomic E-state index is 0.00487. The number of ether oxygens (including phenoxy) is 1. The van der Waals surface area contributed by atoms with E-state index in [1.165, 1.54) is 22.3 Å². The van der Waals surface area contributed by atoms with Gasteiger partial charge in [0, 0.05) is 24.2 Å². The van der Waals surface area contributed by atoms with Crippen LogP contribution in [-0.2, 0) is 4.79 Å². The maximum absolute atomic E-state index is 12.3. The summed E-state index contributed by atoms with van der Waals surface area (Å²) in [5.41, 5.74) is 5.97. The van der Waals surface area contributed by atoms with Crippen molar-refractivity contribution >= 4 is 12.0 Å². The van der Waals surface area contributed by atoms with Gasteiger partial charge in [-0.2, -0.15) is 0 Å². The maximum Gasteiger partial charge on any atom is 0.313 e. The van der Waals surface area contributed by atoms with E-state index in [1.54, 1.807) is 0 Å². The molecule has 0 saturated carbocycles. The predicted octanol–water partition coefficient (Wildman–Crippen LogP) is 5.78. The number of carbonyl (C=O) groups is 1. The molecule has 3 aromatic rings. The lowest BCUT2D eigenvalue weighted by molar-refractivity contribution is -0.136. The van der Waals surface area contributed by atoms with Crippen LogP contribution in [0.2, 0.25) is 0 Å². The van der Waals surface area contributed by atoms with Gasteiger partial charge in [-0.15, -0.1) is 0 Å². The summed E-state index contributed by atoms with van der Waals surface area (Å²) in [7, 11) is 0. The molecule has 5 rings (SSSR count). The van der Waals surface area contributed by atoms with Crippen molar-refractivity contribution in [2.75, 3.05) is 19.6 Å². The Bertz CT molecular complexity index is 1160. The second-order valence-corrected chi connectivity index (χ2v) is 9.35. The summed E-state index contributed by atoms with van der Waals surface area (Å²) in [6.07, 6.45) is 6.99. The lowest BCUT2D eigenvalue weighted by atomic mass is 9.92. The molecule has 0 aliphatic carbocycles. The number of esters is 1. The zero-order valence-corrected chi connectivity index (χ0v) is 19.7. The Morgan fingerprint density at radius 3 is 2.56 bits per heavy atom. The minimum Gasteiger partial charge on any atom is -0.426 e. The Balaban J connectivity index is 1.22. The van der Waals surface area contributed by atoms with Gasteiger partial charge in [-0.1, -0.05) is 72.8 Å². The van der Waals surface area contributed by atoms with Gasteiger partial charge in [0.1, 0.15) is 5.75 Å². The topological polar surface area (TPSA) is 41.6 Å². The molecule has 34 heavy (non-hydrogen) atoms. The molecule has 0 bridgehead atoms. The van der Waals surface area contributed by atoms with Gasteiger partial charge in [0.2, 0.25) is 0 Å². The fraction of sp³-hybridized carbons (Fsp3) is 0.300. The number of nitrogens with zero attached hydrogens (tertiary/aromatic N) is 1. The van der Waals surface area contributed by atoms with E-state index in [4.69, 9.17) is 4.74 Å². The predicted molar refractivity (Wildman–Crippen MR) is 138 cm³/mol. The van der Waals surface area contributed by atoms with E-state index in [-0.39, 0.29) is 12.0 Å². The monoisotopic (exact) mass is 452 g/mol. The van der Waals surface area contributed by atoms with E-state index >= 15 is 0 Å². The first-order chi connectivity index (χ1) is 16.7. The number of hydrogen-bond acceptors (Lipinski definition) is 4. The van der Waals surface area contributed by atoms with Crippen molar-refractivity contribution < 1.29 is 9.53 Å². The smallest absolute Gasteiger partial charge is 0.313 e. The van der Waals surface area contributed by atoms with Gasteiger partial charge in [0.15, 0.2) is 0 Å². The quantitative estimate of drug-likeness (QED) is 0.380. The SMILES string of the molecule is Cc1ccccc1-c1ccc2c(c1)C(NC1CCN(C/C=C/c3ccccc3)CC1)CC(=O)O2. The molecule has 1 saturated heterocycles. The zero-order chi connectivity index (χ0) is 23.3. The highest BCUT2D eigenvalue weighted by molar-refractivity contribution is 5.78. The highest BCUT2D eigenvalue weighted by Gasteiger charge is 2.30. The first kappa shape index (κ1) is 22.6. The Kier molecular flexibility index (Phi) is 6.89. The van der Waals surface area contributed by atoms with Gasteiger partial charge >= 0.3 is 5.97 Å². The molecule has 2 aliphatic rings. The number of rotatable bonds is 6. The van der Waals surface area contributed by atoms with Crippen molar-refractivity contribution in [3.63, 3.8) is 0 Å². The molecule has 0 radical (unpaired) electrons. The van der Waals surface area contributed by atoms with Crippen molar-refractivity contribution in [3.05, 3.63) is 95.6 Å². The van der Waals surface area contributed by atoms with Crippen molar-refractivity contribution in [1.82, 2.24) is 10.2 Å². The average Bonchev–Trinajstić information content (AvgIpc) is 2.86. The molecule has 1 atom stereocenters. The standard InChI is InChI=1S/C30H32N2O2/c1-22-8-5-6-12-26(22)24-13-14-29-27(20-24)28(21-30(33)34-29)31-25-15-18-32(19-16-25)17-7-11-23-9-3-2-4-10-23/h2-14,20,25,28,31H,15-19,21H2,1H3/b11-7+. The van der Waals surface area contributed by atoms with Gasteiger partial charge in [-0.25, -0.2) is 0 Å². The molecular weight excluding hydrogens is 420 g/mol. The molecular formula is C30H32N2O2. The second kappa shape index (κ2) is 10.4. The molecule has 1 N–H and O–H groups in total. The molecule has 1 fully saturated rings. The molecule has 4 nitrogen and oxygen atoms in total. The van der Waals surface area contributed by atoms with Crippen LogP contribution >= 0.6 is 0 Å². The van der Waals surface area contributed by atoms with Crippen molar-refractivity contribution in [3.8, 4) is 16.9 Å². The van der Waals surface area contributed by atoms with Gasteiger partial charge in [0.25, 0.3) is 0 Å². The van der Waals surface area contributed by atoms with Crippen LogP contribution in [-0.4, -0.2) is 36.5 Å². The van der Waals surface area contributed by atoms with Crippen molar-refractivity contribution in [1.29, 1.82) is 0 Å². The van der Waals surface area contributed by atoms with Crippen LogP contribution in [0.3, 0.4) is 0 Å². The Labute approximate surface area is 202 Å². The van der Waals surface area contributed by atoms with Crippen LogP contribution in [0.4, 0.5) is 0 Å². The molecule has 0 aromatic heterocycles. The average molecular weight is 453 g/mol. The largest absolute Gasteiger partial charge is 0.426 e. The van der Waals surface area contributed by atoms with Gasteiger partial charge < -0.3 is 10.1 Å². The third kappa shape index (κ3) is 5.30. The highest BCUT2D eigenvalue weighted by atomic mass is 16.5. The summed E-state index contributed by atoms with van der Waals surface area (Å²) >= 11 is 0. The van der Waals surface area contributed by atoms with E-state index in [2.05, 4.69) is 90.0 Å². The summed E-state index contributed by atoms with van der Waals surface area (Å²) in [6, 6.07) is 25.5. The maximum atomic E-state index is 12.3. The van der Waals surface area contributed by atoms with E-state index in [9.17, 15) is 4.79 Å². The normalized spacial score (nSPS) is 19.2. The highest BCUT2D eigenvalue weighted by Crippen LogP contribution is 2.37. The number of nitrogens with one attached hydrogen (secondary N) is 1. The molecule has 2 aliphatic heterocycles. The lowest BCUT2D eigenvalue weighted by Gasteiger charge is -2.35. The van der Waals surface area contributed by atoms with E-state index in [1.807, 2.05) is 12.1 Å². The van der Waals surface area contributed by atoms with Crippen LogP contribution in [0.1, 0.15) is 42.0 Å². The molecule has 174 valence electrons. The van der Waals surface area contributed by atoms with Gasteiger partial charge in [0.05, 0.1) is 6.42 Å². The molecule has 2 heterocycles. The summed E-state index contributed by atoms with van der Waals surface area (Å²) in [5.74, 6) is 0.534. The molecule has 4 heteroatoms. The first-order valence-corrected chi connectivity index (χ1v) is 12.3. The molecule has 1 unspecified atom stereocenters. The number of likely N-dealkylation sites (tertiary alicyclic amines) is 1. The minimum atomic E-state index is -0.155. The summed E-state index contributed by atoms with van der Waals surface area (Å²) in [5, 5.41) is 3.79. The fourth-order valence-corrected chi connectivity index (χ4v) is 5.04. The van der Waals surface area contributed by atoms with Crippen LogP contribution in [0, 0.1) is 6.92 Å². The van der Waals surface area contributed by atoms with Crippen LogP contribution in [0.25, 0.3) is 17.2 Å². The number of hydrogen-bond donors (Lipinski definition) is 1. The van der Waals surface area contributed by atoms with Crippen LogP contribution in [0.5, 0.6) is 5.75 Å². The number of benzene rings is 3. The number of aryl methyl sites for hydroxylation is 1. The van der Waals surface area contributed by atoms with E-state index < -0.39 is 0 Å². The summed E-state index contributed by atoms with van der Waals surface area (Å²) < 4.78 is 5.58. The molecule has 0 amide bonds. The summed E-state index contributed by atoms with van der Waals surface area (Å²) in [4.78, 5) is 14.8. The Morgan fingerprint density at radius 1 is 1.00 bits per heavy atom. The fourth-order valence-electron chi connectivity index (χ4n) is 5.04. The third-order valence-electron chi connectivity index (χ3n) is 6.93. The molecule has 3 aromatic carbocycles. The third-order valence-corrected chi connectivity index (χ3v) is 6.93. The lowest BCUT2D eigenvalue weighted by Crippen LogP contribution is -2.45. The van der Waals surface area contributed by atoms with Gasteiger partial charge in [-0.05, 0) is 67.2 Å². The van der Waals surface area contributed by atoms with E-state index in [0.29, 0.717) is 18.2 Å². The number of carbonyl (C=O) groups excluding carboxylic acids is 1. The zero-order valence-electron chi connectivity index (χ0n) is 19.7. The Morgan fingerprint density at radius 2 is 1.76 bits per heavy atom. The van der Waals surface area contributed by atoms with Crippen molar-refractivity contribution in [2.24, 2.45) is 0 Å². The van der Waals surface area contributed by atoms with Crippen molar-refractivity contribution in [2.45, 2.75) is 38.3 Å². The van der Waals surface area contributed by atoms with E-state index in [0.717, 1.165) is 38.0 Å².